The number of ether oxygens (including phenoxy) is 3. The van der Waals surface area contributed by atoms with Gasteiger partial charge in [0.2, 0.25) is 0 Å². The van der Waals surface area contributed by atoms with Crippen LogP contribution in [-0.2, 0) is 14.3 Å². The quantitative estimate of drug-likeness (QED) is 0.405. The van der Waals surface area contributed by atoms with Crippen LogP contribution in [0.2, 0.25) is 5.02 Å². The van der Waals surface area contributed by atoms with Crippen molar-refractivity contribution in [1.82, 2.24) is 0 Å². The van der Waals surface area contributed by atoms with Gasteiger partial charge in [-0.15, -0.1) is 0 Å². The summed E-state index contributed by atoms with van der Waals surface area (Å²) < 4.78 is 15.1. The zero-order valence-electron chi connectivity index (χ0n) is 15.0. The van der Waals surface area contributed by atoms with Crippen LogP contribution in [0.3, 0.4) is 0 Å². The summed E-state index contributed by atoms with van der Waals surface area (Å²) in [4.78, 5) is 34.5. The molecule has 0 bridgehead atoms. The molecule has 148 valence electrons. The lowest BCUT2D eigenvalue weighted by Gasteiger charge is -2.14. The molecule has 0 aliphatic heterocycles. The maximum atomic E-state index is 12.2. The number of hydrogen-bond donors (Lipinski definition) is 1. The molecule has 1 atom stereocenters. The molecule has 0 radical (unpaired) electrons. The minimum absolute atomic E-state index is 0.0453. The zero-order valence-corrected chi connectivity index (χ0v) is 15.8. The first-order chi connectivity index (χ1) is 13.3. The number of anilines is 1. The van der Waals surface area contributed by atoms with Crippen LogP contribution in [0.5, 0.6) is 11.5 Å². The molecule has 0 aromatic heterocycles. The van der Waals surface area contributed by atoms with E-state index in [2.05, 4.69) is 5.32 Å². The number of carbonyl (C=O) groups is 2. The van der Waals surface area contributed by atoms with Gasteiger partial charge in [0, 0.05) is 5.02 Å². The molecule has 1 unspecified atom stereocenters. The van der Waals surface area contributed by atoms with Crippen LogP contribution < -0.4 is 14.8 Å². The third-order valence-electron chi connectivity index (χ3n) is 3.51. The van der Waals surface area contributed by atoms with E-state index in [1.165, 1.54) is 32.2 Å². The number of amides is 1. The van der Waals surface area contributed by atoms with Gasteiger partial charge < -0.3 is 19.5 Å². The van der Waals surface area contributed by atoms with E-state index in [1.54, 1.807) is 24.3 Å². The van der Waals surface area contributed by atoms with Crippen LogP contribution in [0.25, 0.3) is 0 Å². The highest BCUT2D eigenvalue weighted by atomic mass is 35.5. The Hall–Kier alpha value is -3.33. The topological polar surface area (TPSA) is 117 Å². The lowest BCUT2D eigenvalue weighted by molar-refractivity contribution is -0.384. The Morgan fingerprint density at radius 3 is 2.43 bits per heavy atom. The van der Waals surface area contributed by atoms with E-state index in [4.69, 9.17) is 25.8 Å². The number of carbonyl (C=O) groups excluding carboxylic acids is 2. The average Bonchev–Trinajstić information content (AvgIpc) is 2.67. The molecule has 0 spiro atoms. The van der Waals surface area contributed by atoms with Crippen molar-refractivity contribution in [2.24, 2.45) is 0 Å². The van der Waals surface area contributed by atoms with Crippen LogP contribution in [0.4, 0.5) is 11.4 Å². The van der Waals surface area contributed by atoms with Crippen LogP contribution in [0.15, 0.2) is 42.5 Å². The summed E-state index contributed by atoms with van der Waals surface area (Å²) in [6.45, 7) is 0.923. The third-order valence-corrected chi connectivity index (χ3v) is 3.76. The third kappa shape index (κ3) is 5.85. The van der Waals surface area contributed by atoms with Crippen molar-refractivity contribution in [2.45, 2.75) is 13.0 Å². The molecule has 0 saturated heterocycles. The number of rotatable bonds is 8. The lowest BCUT2D eigenvalue weighted by atomic mass is 10.2. The fourth-order valence-corrected chi connectivity index (χ4v) is 2.21. The SMILES string of the molecule is COc1ccc(NC(=O)C(C)OC(=O)COc2ccc(Cl)cc2)c([N+](=O)[O-])c1. The number of nitro benzene ring substituents is 1. The van der Waals surface area contributed by atoms with E-state index in [0.717, 1.165) is 0 Å². The van der Waals surface area contributed by atoms with Crippen LogP contribution in [-0.4, -0.2) is 36.6 Å². The number of nitrogens with zero attached hydrogens (tertiary/aromatic N) is 1. The van der Waals surface area contributed by atoms with E-state index in [0.29, 0.717) is 10.8 Å². The monoisotopic (exact) mass is 408 g/mol. The largest absolute Gasteiger partial charge is 0.496 e. The Bertz CT molecular complexity index is 871. The Balaban J connectivity index is 1.92. The highest BCUT2D eigenvalue weighted by Crippen LogP contribution is 2.29. The molecule has 0 fully saturated rings. The molecular weight excluding hydrogens is 392 g/mol. The van der Waals surface area contributed by atoms with Crippen molar-refractivity contribution in [3.63, 3.8) is 0 Å². The van der Waals surface area contributed by atoms with Gasteiger partial charge in [-0.2, -0.15) is 0 Å². The molecule has 2 aromatic carbocycles. The first-order valence-electron chi connectivity index (χ1n) is 8.01. The number of halogens is 1. The van der Waals surface area contributed by atoms with Crippen molar-refractivity contribution in [2.75, 3.05) is 19.0 Å². The van der Waals surface area contributed by atoms with E-state index >= 15 is 0 Å². The van der Waals surface area contributed by atoms with Crippen molar-refractivity contribution in [3.05, 3.63) is 57.6 Å². The second-order valence-electron chi connectivity index (χ2n) is 5.50. The summed E-state index contributed by atoms with van der Waals surface area (Å²) >= 11 is 5.75. The molecule has 1 N–H and O–H groups in total. The number of nitro groups is 1. The van der Waals surface area contributed by atoms with Crippen molar-refractivity contribution >= 4 is 34.9 Å². The highest BCUT2D eigenvalue weighted by molar-refractivity contribution is 6.30. The maximum absolute atomic E-state index is 12.2. The minimum Gasteiger partial charge on any atom is -0.496 e. The van der Waals surface area contributed by atoms with E-state index < -0.39 is 29.5 Å². The number of hydrogen-bond acceptors (Lipinski definition) is 7. The van der Waals surface area contributed by atoms with E-state index in [1.807, 2.05) is 0 Å². The summed E-state index contributed by atoms with van der Waals surface area (Å²) in [6.07, 6.45) is -1.19. The summed E-state index contributed by atoms with van der Waals surface area (Å²) in [6, 6.07) is 10.3. The highest BCUT2D eigenvalue weighted by Gasteiger charge is 2.22. The van der Waals surface area contributed by atoms with Gasteiger partial charge in [0.15, 0.2) is 12.7 Å². The van der Waals surface area contributed by atoms with Crippen molar-refractivity contribution in [3.8, 4) is 11.5 Å². The molecule has 0 aliphatic carbocycles. The van der Waals surface area contributed by atoms with Crippen LogP contribution >= 0.6 is 11.6 Å². The Morgan fingerprint density at radius 1 is 1.18 bits per heavy atom. The molecule has 28 heavy (non-hydrogen) atoms. The molecule has 0 saturated carbocycles. The molecule has 10 heteroatoms. The predicted octanol–water partition coefficient (Wildman–Crippen LogP) is 3.21. The van der Waals surface area contributed by atoms with Gasteiger partial charge in [0.05, 0.1) is 18.1 Å². The molecule has 2 aromatic rings. The molecule has 2 rings (SSSR count). The van der Waals surface area contributed by atoms with Crippen molar-refractivity contribution < 1.29 is 28.7 Å². The first-order valence-corrected chi connectivity index (χ1v) is 8.39. The van der Waals surface area contributed by atoms with Gasteiger partial charge in [-0.1, -0.05) is 11.6 Å². The Labute approximate surface area is 165 Å². The first kappa shape index (κ1) is 21.0. The van der Waals surface area contributed by atoms with Gasteiger partial charge in [-0.3, -0.25) is 14.9 Å². The summed E-state index contributed by atoms with van der Waals surface area (Å²) in [5, 5.41) is 14.0. The second-order valence-corrected chi connectivity index (χ2v) is 5.94. The zero-order chi connectivity index (χ0) is 20.7. The summed E-state index contributed by atoms with van der Waals surface area (Å²) in [5.74, 6) is -0.828. The molecule has 0 aliphatic rings. The summed E-state index contributed by atoms with van der Waals surface area (Å²) in [5.41, 5.74) is -0.395. The Morgan fingerprint density at radius 2 is 1.82 bits per heavy atom. The number of methoxy groups -OCH3 is 1. The normalized spacial score (nSPS) is 11.2. The number of benzene rings is 2. The van der Waals surface area contributed by atoms with E-state index in [-0.39, 0.29) is 17.1 Å². The van der Waals surface area contributed by atoms with Gasteiger partial charge >= 0.3 is 5.97 Å². The molecule has 9 nitrogen and oxygen atoms in total. The summed E-state index contributed by atoms with van der Waals surface area (Å²) in [7, 11) is 1.37. The number of esters is 1. The maximum Gasteiger partial charge on any atom is 0.344 e. The predicted molar refractivity (Wildman–Crippen MR) is 101 cm³/mol. The molecule has 1 amide bonds. The standard InChI is InChI=1S/C18H17ClN2O7/c1-11(28-17(22)10-27-13-5-3-12(19)4-6-13)18(23)20-15-8-7-14(26-2)9-16(15)21(24)25/h3-9,11H,10H2,1-2H3,(H,20,23). The number of nitrogens with one attached hydrogen (secondary N) is 1. The minimum atomic E-state index is -1.19. The average molecular weight is 409 g/mol. The molecule has 0 heterocycles. The van der Waals surface area contributed by atoms with E-state index in [9.17, 15) is 19.7 Å². The van der Waals surface area contributed by atoms with Crippen LogP contribution in [0, 0.1) is 10.1 Å². The lowest BCUT2D eigenvalue weighted by Crippen LogP contribution is -2.31. The Kier molecular flexibility index (Phi) is 7.16. The smallest absolute Gasteiger partial charge is 0.344 e. The fourth-order valence-electron chi connectivity index (χ4n) is 2.09. The second kappa shape index (κ2) is 9.56. The molecular formula is C18H17ClN2O7. The van der Waals surface area contributed by atoms with Gasteiger partial charge in [-0.05, 0) is 43.3 Å². The van der Waals surface area contributed by atoms with Gasteiger partial charge in [0.1, 0.15) is 17.2 Å². The van der Waals surface area contributed by atoms with Crippen molar-refractivity contribution in [1.29, 1.82) is 0 Å². The fraction of sp³-hybridized carbons (Fsp3) is 0.222. The van der Waals surface area contributed by atoms with Crippen LogP contribution in [0.1, 0.15) is 6.92 Å². The van der Waals surface area contributed by atoms with Gasteiger partial charge in [-0.25, -0.2) is 4.79 Å². The van der Waals surface area contributed by atoms with Gasteiger partial charge in [0.25, 0.3) is 11.6 Å².